The highest BCUT2D eigenvalue weighted by atomic mass is 35.5. The average Bonchev–Trinajstić information content (AvgIpc) is 3.25. The Balaban J connectivity index is 1.53. The van der Waals surface area contributed by atoms with Crippen molar-refractivity contribution in [3.63, 3.8) is 0 Å². The Morgan fingerprint density at radius 1 is 1.03 bits per heavy atom. The molecule has 0 bridgehead atoms. The van der Waals surface area contributed by atoms with E-state index in [4.69, 9.17) is 11.6 Å². The highest BCUT2D eigenvalue weighted by Crippen LogP contribution is 2.25. The number of alkyl halides is 3. The maximum absolute atomic E-state index is 12.9. The monoisotopic (exact) mass is 573 g/mol. The lowest BCUT2D eigenvalue weighted by Gasteiger charge is -2.11. The summed E-state index contributed by atoms with van der Waals surface area (Å²) in [4.78, 5) is 40.1. The van der Waals surface area contributed by atoms with Crippen molar-refractivity contribution in [1.29, 1.82) is 0 Å². The third kappa shape index (κ3) is 6.12. The van der Waals surface area contributed by atoms with Gasteiger partial charge in [-0.25, -0.2) is 27.3 Å². The zero-order valence-electron chi connectivity index (χ0n) is 18.2. The van der Waals surface area contributed by atoms with Gasteiger partial charge in [-0.3, -0.25) is 4.79 Å². The third-order valence-electron chi connectivity index (χ3n) is 4.81. The lowest BCUT2D eigenvalue weighted by molar-refractivity contribution is -0.115. The van der Waals surface area contributed by atoms with Crippen molar-refractivity contribution in [2.24, 2.45) is 0 Å². The molecule has 0 atom stereocenters. The van der Waals surface area contributed by atoms with Crippen molar-refractivity contribution in [2.75, 3.05) is 17.2 Å². The van der Waals surface area contributed by atoms with Crippen LogP contribution in [-0.2, 0) is 10.0 Å². The van der Waals surface area contributed by atoms with Crippen LogP contribution >= 0.6 is 22.9 Å². The van der Waals surface area contributed by atoms with E-state index in [1.165, 1.54) is 54.6 Å². The number of urea groups is 1. The minimum absolute atomic E-state index is 0.0432. The summed E-state index contributed by atoms with van der Waals surface area (Å²) in [6.45, 7) is -1.29. The predicted molar refractivity (Wildman–Crippen MR) is 133 cm³/mol. The second-order valence-corrected chi connectivity index (χ2v) is 11.1. The van der Waals surface area contributed by atoms with E-state index in [9.17, 15) is 36.0 Å². The molecule has 4 N–H and O–H groups in total. The molecular formula is C21H15ClF3N5O5S2. The van der Waals surface area contributed by atoms with Gasteiger partial charge in [0, 0.05) is 11.4 Å². The smallest absolute Gasteiger partial charge is 0.376 e. The Morgan fingerprint density at radius 2 is 1.70 bits per heavy atom. The first-order valence-corrected chi connectivity index (χ1v) is 12.8. The SMILES string of the molecule is O=C(Nc1ccc(-n2c(=O)[nH]c3cc(NCC(F)(F)F)ccc3c2=O)cc1)NS(=O)(=O)c1ccc(Cl)s1. The molecule has 0 saturated carbocycles. The van der Waals surface area contributed by atoms with Gasteiger partial charge in [0.05, 0.1) is 20.9 Å². The topological polar surface area (TPSA) is 142 Å². The number of carbonyl (C=O) groups is 1. The Hall–Kier alpha value is -3.82. The molecule has 0 fully saturated rings. The van der Waals surface area contributed by atoms with Crippen molar-refractivity contribution < 1.29 is 26.4 Å². The molecule has 0 aliphatic carbocycles. The summed E-state index contributed by atoms with van der Waals surface area (Å²) in [6, 6.07) is 10.7. The van der Waals surface area contributed by atoms with Gasteiger partial charge in [0.15, 0.2) is 0 Å². The van der Waals surface area contributed by atoms with Crippen LogP contribution in [-0.4, -0.2) is 36.7 Å². The molecule has 4 rings (SSSR count). The fourth-order valence-corrected chi connectivity index (χ4v) is 5.62. The zero-order chi connectivity index (χ0) is 27.0. The number of sulfonamides is 1. The second kappa shape index (κ2) is 9.91. The Morgan fingerprint density at radius 3 is 2.32 bits per heavy atom. The van der Waals surface area contributed by atoms with E-state index in [2.05, 4.69) is 15.6 Å². The van der Waals surface area contributed by atoms with Crippen LogP contribution < -0.4 is 26.6 Å². The van der Waals surface area contributed by atoms with E-state index >= 15 is 0 Å². The van der Waals surface area contributed by atoms with Crippen molar-refractivity contribution in [3.05, 3.63) is 79.8 Å². The van der Waals surface area contributed by atoms with Crippen LogP contribution in [0.25, 0.3) is 16.6 Å². The summed E-state index contributed by atoms with van der Waals surface area (Å²) in [6.07, 6.45) is -4.44. The van der Waals surface area contributed by atoms with Gasteiger partial charge in [-0.1, -0.05) is 11.6 Å². The number of H-pyrrole nitrogens is 1. The van der Waals surface area contributed by atoms with Crippen LogP contribution in [0, 0.1) is 0 Å². The number of rotatable bonds is 6. The molecule has 194 valence electrons. The van der Waals surface area contributed by atoms with Crippen LogP contribution in [0.1, 0.15) is 0 Å². The number of hydrogen-bond donors (Lipinski definition) is 4. The van der Waals surface area contributed by atoms with Gasteiger partial charge < -0.3 is 15.6 Å². The fourth-order valence-electron chi connectivity index (χ4n) is 3.23. The van der Waals surface area contributed by atoms with Gasteiger partial charge in [0.2, 0.25) is 0 Å². The van der Waals surface area contributed by atoms with E-state index in [0.717, 1.165) is 15.9 Å². The van der Waals surface area contributed by atoms with E-state index in [1.54, 1.807) is 0 Å². The number of aromatic nitrogens is 2. The Bertz CT molecular complexity index is 1710. The zero-order valence-corrected chi connectivity index (χ0v) is 20.6. The maximum Gasteiger partial charge on any atom is 0.405 e. The predicted octanol–water partition coefficient (Wildman–Crippen LogP) is 3.88. The minimum atomic E-state index is -4.44. The Kier molecular flexibility index (Phi) is 7.03. The van der Waals surface area contributed by atoms with Crippen molar-refractivity contribution in [3.8, 4) is 5.69 Å². The first-order chi connectivity index (χ1) is 17.3. The summed E-state index contributed by atoms with van der Waals surface area (Å²) in [5.41, 5.74) is -1.17. The maximum atomic E-state index is 12.9. The molecule has 0 aliphatic rings. The summed E-state index contributed by atoms with van der Waals surface area (Å²) >= 11 is 6.50. The number of nitrogens with one attached hydrogen (secondary N) is 4. The number of hydrogen-bond acceptors (Lipinski definition) is 7. The lowest BCUT2D eigenvalue weighted by Crippen LogP contribution is -2.34. The highest BCUT2D eigenvalue weighted by Gasteiger charge is 2.26. The van der Waals surface area contributed by atoms with Gasteiger partial charge in [0.25, 0.3) is 15.6 Å². The van der Waals surface area contributed by atoms with E-state index in [0.29, 0.717) is 0 Å². The van der Waals surface area contributed by atoms with Gasteiger partial charge in [-0.2, -0.15) is 13.2 Å². The molecule has 10 nitrogen and oxygen atoms in total. The van der Waals surface area contributed by atoms with Crippen molar-refractivity contribution in [1.82, 2.24) is 14.3 Å². The van der Waals surface area contributed by atoms with E-state index < -0.39 is 40.0 Å². The number of nitrogens with zero attached hydrogens (tertiary/aromatic N) is 1. The number of benzene rings is 2. The van der Waals surface area contributed by atoms with Crippen molar-refractivity contribution in [2.45, 2.75) is 10.4 Å². The number of anilines is 2. The van der Waals surface area contributed by atoms with Gasteiger partial charge in [-0.15, -0.1) is 11.3 Å². The van der Waals surface area contributed by atoms with Crippen LogP contribution in [0.15, 0.2) is 68.4 Å². The van der Waals surface area contributed by atoms with Crippen LogP contribution in [0.3, 0.4) is 0 Å². The minimum Gasteiger partial charge on any atom is -0.376 e. The lowest BCUT2D eigenvalue weighted by atomic mass is 10.2. The summed E-state index contributed by atoms with van der Waals surface area (Å²) in [7, 11) is -4.14. The number of halogens is 4. The van der Waals surface area contributed by atoms with Gasteiger partial charge >= 0.3 is 17.9 Å². The molecule has 0 unspecified atom stereocenters. The molecular weight excluding hydrogens is 559 g/mol. The van der Waals surface area contributed by atoms with E-state index in [-0.39, 0.29) is 36.5 Å². The molecule has 2 aromatic heterocycles. The third-order valence-corrected chi connectivity index (χ3v) is 7.87. The molecule has 0 aliphatic heterocycles. The molecule has 2 amide bonds. The Labute approximate surface area is 214 Å². The van der Waals surface area contributed by atoms with E-state index in [1.807, 2.05) is 4.72 Å². The highest BCUT2D eigenvalue weighted by molar-refractivity contribution is 7.92. The largest absolute Gasteiger partial charge is 0.405 e. The molecule has 4 aromatic rings. The number of carbonyl (C=O) groups excluding carboxylic acids is 1. The van der Waals surface area contributed by atoms with Crippen LogP contribution in [0.4, 0.5) is 29.3 Å². The van der Waals surface area contributed by atoms with Gasteiger partial charge in [-0.05, 0) is 54.6 Å². The fraction of sp³-hybridized carbons (Fsp3) is 0.0952. The number of fused-ring (bicyclic) bond motifs is 1. The molecule has 2 heterocycles. The number of thiophene rings is 1. The van der Waals surface area contributed by atoms with Crippen molar-refractivity contribution >= 4 is 61.3 Å². The van der Waals surface area contributed by atoms with Crippen LogP contribution in [0.2, 0.25) is 4.34 Å². The molecule has 2 aromatic carbocycles. The first-order valence-electron chi connectivity index (χ1n) is 10.1. The quantitative estimate of drug-likeness (QED) is 0.276. The number of amides is 2. The number of aromatic amines is 1. The first kappa shape index (κ1) is 26.2. The summed E-state index contributed by atoms with van der Waals surface area (Å²) in [5.74, 6) is 0. The molecule has 0 spiro atoms. The van der Waals surface area contributed by atoms with Crippen LogP contribution in [0.5, 0.6) is 0 Å². The second-order valence-electron chi connectivity index (χ2n) is 7.46. The average molecular weight is 574 g/mol. The van der Waals surface area contributed by atoms with Gasteiger partial charge in [0.1, 0.15) is 10.8 Å². The summed E-state index contributed by atoms with van der Waals surface area (Å²) < 4.78 is 64.5. The molecule has 37 heavy (non-hydrogen) atoms. The molecule has 16 heteroatoms. The molecule has 0 saturated heterocycles. The normalized spacial score (nSPS) is 11.9. The standard InChI is InChI=1S/C21H15ClF3N5O5S2/c22-16-7-8-17(36-16)37(34,35)29-19(32)27-11-1-4-13(5-2-11)30-18(31)14-6-3-12(26-10-21(23,24)25)9-15(14)28-20(30)33/h1-9,26H,10H2,(H,28,33)(H2,27,29,32). The summed E-state index contributed by atoms with van der Waals surface area (Å²) in [5, 5.41) is 4.55. The molecule has 0 radical (unpaired) electrons.